The predicted molar refractivity (Wildman–Crippen MR) is 45.7 cm³/mol. The number of hydrogen-bond donors (Lipinski definition) is 1. The minimum absolute atomic E-state index is 0. The van der Waals surface area contributed by atoms with E-state index in [1.807, 2.05) is 0 Å². The molecule has 1 aromatic heterocycles. The molecule has 0 aromatic carbocycles. The lowest BCUT2D eigenvalue weighted by molar-refractivity contribution is 0.479. The van der Waals surface area contributed by atoms with E-state index in [-0.39, 0.29) is 12.4 Å². The maximum atomic E-state index is 5.41. The van der Waals surface area contributed by atoms with E-state index in [1.54, 1.807) is 0 Å². The molecular formula is C7H13ClN2O. The lowest BCUT2D eigenvalue weighted by Gasteiger charge is -1.99. The van der Waals surface area contributed by atoms with Crippen LogP contribution in [0.4, 0.5) is 0 Å². The lowest BCUT2D eigenvalue weighted by Crippen LogP contribution is -2.01. The first kappa shape index (κ1) is 10.5. The molecule has 0 aliphatic heterocycles. The van der Waals surface area contributed by atoms with Crippen LogP contribution in [0.1, 0.15) is 31.2 Å². The first-order valence-corrected chi connectivity index (χ1v) is 3.38. The van der Waals surface area contributed by atoms with Gasteiger partial charge in [0.15, 0.2) is 6.39 Å². The SMILES string of the molecule is CC(C)c1ocnc1CN.Cl. The van der Waals surface area contributed by atoms with Gasteiger partial charge in [0.05, 0.1) is 5.69 Å². The zero-order valence-electron chi connectivity index (χ0n) is 6.70. The van der Waals surface area contributed by atoms with E-state index in [1.165, 1.54) is 6.39 Å². The van der Waals surface area contributed by atoms with E-state index in [9.17, 15) is 0 Å². The lowest BCUT2D eigenvalue weighted by atomic mass is 10.1. The van der Waals surface area contributed by atoms with Crippen LogP contribution in [0.15, 0.2) is 10.8 Å². The highest BCUT2D eigenvalue weighted by molar-refractivity contribution is 5.85. The van der Waals surface area contributed by atoms with Crippen molar-refractivity contribution in [1.29, 1.82) is 0 Å². The molecule has 0 saturated carbocycles. The summed E-state index contributed by atoms with van der Waals surface area (Å²) in [7, 11) is 0. The standard InChI is InChI=1S/C7H12N2O.ClH/c1-5(2)7-6(3-8)9-4-10-7;/h4-5H,3,8H2,1-2H3;1H. The molecule has 0 aliphatic carbocycles. The summed E-state index contributed by atoms with van der Waals surface area (Å²) in [4.78, 5) is 3.96. The second-order valence-electron chi connectivity index (χ2n) is 2.52. The van der Waals surface area contributed by atoms with Crippen LogP contribution in [0.25, 0.3) is 0 Å². The van der Waals surface area contributed by atoms with E-state index in [0.29, 0.717) is 12.5 Å². The molecule has 0 unspecified atom stereocenters. The van der Waals surface area contributed by atoms with Gasteiger partial charge in [-0.2, -0.15) is 0 Å². The van der Waals surface area contributed by atoms with Gasteiger partial charge in [0.25, 0.3) is 0 Å². The Morgan fingerprint density at radius 3 is 2.64 bits per heavy atom. The molecule has 11 heavy (non-hydrogen) atoms. The van der Waals surface area contributed by atoms with Gasteiger partial charge in [-0.1, -0.05) is 13.8 Å². The summed E-state index contributed by atoms with van der Waals surface area (Å²) in [6.45, 7) is 4.57. The first-order chi connectivity index (χ1) is 4.75. The summed E-state index contributed by atoms with van der Waals surface area (Å²) in [5, 5.41) is 0. The monoisotopic (exact) mass is 176 g/mol. The number of hydrogen-bond acceptors (Lipinski definition) is 3. The maximum Gasteiger partial charge on any atom is 0.181 e. The van der Waals surface area contributed by atoms with E-state index in [4.69, 9.17) is 10.2 Å². The summed E-state index contributed by atoms with van der Waals surface area (Å²) in [6.07, 6.45) is 1.44. The fourth-order valence-electron chi connectivity index (χ4n) is 0.901. The molecular weight excluding hydrogens is 164 g/mol. The van der Waals surface area contributed by atoms with Crippen molar-refractivity contribution in [2.75, 3.05) is 0 Å². The van der Waals surface area contributed by atoms with Crippen molar-refractivity contribution in [2.24, 2.45) is 5.73 Å². The van der Waals surface area contributed by atoms with Crippen LogP contribution in [0.2, 0.25) is 0 Å². The average molecular weight is 177 g/mol. The third kappa shape index (κ3) is 2.20. The first-order valence-electron chi connectivity index (χ1n) is 3.38. The van der Waals surface area contributed by atoms with Gasteiger partial charge in [0.2, 0.25) is 0 Å². The van der Waals surface area contributed by atoms with Crippen molar-refractivity contribution in [3.63, 3.8) is 0 Å². The van der Waals surface area contributed by atoms with Crippen molar-refractivity contribution >= 4 is 12.4 Å². The largest absolute Gasteiger partial charge is 0.448 e. The van der Waals surface area contributed by atoms with Crippen LogP contribution in [0.3, 0.4) is 0 Å². The third-order valence-electron chi connectivity index (χ3n) is 1.39. The summed E-state index contributed by atoms with van der Waals surface area (Å²) in [5.74, 6) is 1.28. The quantitative estimate of drug-likeness (QED) is 0.746. The van der Waals surface area contributed by atoms with Gasteiger partial charge in [-0.15, -0.1) is 12.4 Å². The van der Waals surface area contributed by atoms with Crippen molar-refractivity contribution < 1.29 is 4.42 Å². The summed E-state index contributed by atoms with van der Waals surface area (Å²) in [6, 6.07) is 0. The van der Waals surface area contributed by atoms with E-state index in [2.05, 4.69) is 18.8 Å². The molecule has 64 valence electrons. The van der Waals surface area contributed by atoms with E-state index < -0.39 is 0 Å². The highest BCUT2D eigenvalue weighted by Gasteiger charge is 2.09. The minimum atomic E-state index is 0. The molecule has 0 saturated heterocycles. The van der Waals surface area contributed by atoms with Crippen LogP contribution in [0.5, 0.6) is 0 Å². The van der Waals surface area contributed by atoms with Crippen molar-refractivity contribution in [2.45, 2.75) is 26.3 Å². The van der Waals surface area contributed by atoms with E-state index >= 15 is 0 Å². The van der Waals surface area contributed by atoms with Crippen LogP contribution >= 0.6 is 12.4 Å². The predicted octanol–water partition coefficient (Wildman–Crippen LogP) is 1.68. The van der Waals surface area contributed by atoms with Gasteiger partial charge < -0.3 is 10.2 Å². The number of nitrogens with zero attached hydrogens (tertiary/aromatic N) is 1. The Morgan fingerprint density at radius 2 is 2.27 bits per heavy atom. The van der Waals surface area contributed by atoms with Crippen LogP contribution < -0.4 is 5.73 Å². The Hall–Kier alpha value is -0.540. The normalized spacial score (nSPS) is 9.82. The van der Waals surface area contributed by atoms with Gasteiger partial charge in [-0.05, 0) is 0 Å². The Kier molecular flexibility index (Phi) is 4.15. The van der Waals surface area contributed by atoms with Crippen LogP contribution in [-0.4, -0.2) is 4.98 Å². The zero-order valence-corrected chi connectivity index (χ0v) is 7.52. The smallest absolute Gasteiger partial charge is 0.181 e. The number of halogens is 1. The maximum absolute atomic E-state index is 5.41. The van der Waals surface area contributed by atoms with E-state index in [0.717, 1.165) is 11.5 Å². The zero-order chi connectivity index (χ0) is 7.56. The molecule has 4 heteroatoms. The topological polar surface area (TPSA) is 52.0 Å². The number of rotatable bonds is 2. The molecule has 1 aromatic rings. The highest BCUT2D eigenvalue weighted by atomic mass is 35.5. The minimum Gasteiger partial charge on any atom is -0.448 e. The molecule has 0 fully saturated rings. The van der Waals surface area contributed by atoms with Gasteiger partial charge >= 0.3 is 0 Å². The third-order valence-corrected chi connectivity index (χ3v) is 1.39. The number of oxazole rings is 1. The molecule has 0 spiro atoms. The molecule has 2 N–H and O–H groups in total. The van der Waals surface area contributed by atoms with Crippen LogP contribution in [0, 0.1) is 0 Å². The molecule has 0 bridgehead atoms. The van der Waals surface area contributed by atoms with Gasteiger partial charge in [0.1, 0.15) is 5.76 Å². The molecule has 3 nitrogen and oxygen atoms in total. The summed E-state index contributed by atoms with van der Waals surface area (Å²) < 4.78 is 5.13. The molecule has 1 heterocycles. The highest BCUT2D eigenvalue weighted by Crippen LogP contribution is 2.16. The summed E-state index contributed by atoms with van der Waals surface area (Å²) >= 11 is 0. The second kappa shape index (κ2) is 4.36. The fraction of sp³-hybridized carbons (Fsp3) is 0.571. The fourth-order valence-corrected chi connectivity index (χ4v) is 0.901. The Morgan fingerprint density at radius 1 is 1.64 bits per heavy atom. The van der Waals surface area contributed by atoms with Gasteiger partial charge in [-0.25, -0.2) is 4.98 Å². The summed E-state index contributed by atoms with van der Waals surface area (Å²) in [5.41, 5.74) is 6.28. The molecule has 0 radical (unpaired) electrons. The van der Waals surface area contributed by atoms with Crippen molar-refractivity contribution in [3.05, 3.63) is 17.8 Å². The number of aromatic nitrogens is 1. The average Bonchev–Trinajstić information content (AvgIpc) is 2.33. The van der Waals surface area contributed by atoms with Crippen LogP contribution in [-0.2, 0) is 6.54 Å². The van der Waals surface area contributed by atoms with Gasteiger partial charge in [0, 0.05) is 12.5 Å². The Labute approximate surface area is 72.4 Å². The molecule has 1 rings (SSSR count). The van der Waals surface area contributed by atoms with Crippen molar-refractivity contribution in [1.82, 2.24) is 4.98 Å². The molecule has 0 amide bonds. The second-order valence-corrected chi connectivity index (χ2v) is 2.52. The van der Waals surface area contributed by atoms with Gasteiger partial charge in [-0.3, -0.25) is 0 Å². The molecule has 0 atom stereocenters. The Bertz CT molecular complexity index is 210. The number of nitrogens with two attached hydrogens (primary N) is 1. The molecule has 0 aliphatic rings. The Balaban J connectivity index is 0.000001000. The van der Waals surface area contributed by atoms with Crippen molar-refractivity contribution in [3.8, 4) is 0 Å².